The predicted molar refractivity (Wildman–Crippen MR) is 94.9 cm³/mol. The van der Waals surface area contributed by atoms with Crippen molar-refractivity contribution in [3.63, 3.8) is 0 Å². The van der Waals surface area contributed by atoms with Crippen LogP contribution in [0.2, 0.25) is 0 Å². The standard InChI is InChI=1S/C19H22N4O2/c1-12-16-9-17(24)23(11-13-3-5-15(25-2)6-4-13)19(16)22-18(21-12)14-7-8-20-10-14/h3-6,14,20H,7-11H2,1-2H3/t14-/m0/s1. The number of fused-ring (bicyclic) bond motifs is 1. The third-order valence-electron chi connectivity index (χ3n) is 5.02. The summed E-state index contributed by atoms with van der Waals surface area (Å²) in [6.45, 7) is 4.41. The molecule has 2 aromatic rings. The summed E-state index contributed by atoms with van der Waals surface area (Å²) in [7, 11) is 1.65. The number of anilines is 1. The molecule has 130 valence electrons. The second-order valence-corrected chi connectivity index (χ2v) is 6.66. The molecule has 1 fully saturated rings. The van der Waals surface area contributed by atoms with Gasteiger partial charge in [-0.25, -0.2) is 9.97 Å². The molecule has 2 aliphatic heterocycles. The number of hydrogen-bond donors (Lipinski definition) is 1. The number of nitrogens with one attached hydrogen (secondary N) is 1. The summed E-state index contributed by atoms with van der Waals surface area (Å²) in [6.07, 6.45) is 1.44. The van der Waals surface area contributed by atoms with Crippen LogP contribution in [0.5, 0.6) is 5.75 Å². The van der Waals surface area contributed by atoms with E-state index in [1.807, 2.05) is 31.2 Å². The fourth-order valence-electron chi connectivity index (χ4n) is 3.53. The highest BCUT2D eigenvalue weighted by Gasteiger charge is 2.32. The summed E-state index contributed by atoms with van der Waals surface area (Å²) in [6, 6.07) is 7.80. The minimum absolute atomic E-state index is 0.0879. The van der Waals surface area contributed by atoms with Crippen molar-refractivity contribution in [2.45, 2.75) is 32.2 Å². The van der Waals surface area contributed by atoms with E-state index in [-0.39, 0.29) is 5.91 Å². The summed E-state index contributed by atoms with van der Waals surface area (Å²) < 4.78 is 5.20. The molecule has 4 rings (SSSR count). The van der Waals surface area contributed by atoms with Gasteiger partial charge in [-0.05, 0) is 37.6 Å². The van der Waals surface area contributed by atoms with Gasteiger partial charge in [0.25, 0.3) is 0 Å². The minimum Gasteiger partial charge on any atom is -0.497 e. The number of carbonyl (C=O) groups excluding carboxylic acids is 1. The summed E-state index contributed by atoms with van der Waals surface area (Å²) >= 11 is 0. The average molecular weight is 338 g/mol. The van der Waals surface area contributed by atoms with E-state index < -0.39 is 0 Å². The van der Waals surface area contributed by atoms with E-state index in [1.54, 1.807) is 12.0 Å². The van der Waals surface area contributed by atoms with E-state index >= 15 is 0 Å². The van der Waals surface area contributed by atoms with E-state index in [9.17, 15) is 4.79 Å². The van der Waals surface area contributed by atoms with Gasteiger partial charge in [0, 0.05) is 23.7 Å². The van der Waals surface area contributed by atoms with Crippen LogP contribution in [0.25, 0.3) is 0 Å². The number of aryl methyl sites for hydroxylation is 1. The quantitative estimate of drug-likeness (QED) is 0.923. The molecule has 6 nitrogen and oxygen atoms in total. The molecule has 25 heavy (non-hydrogen) atoms. The molecular formula is C19H22N4O2. The van der Waals surface area contributed by atoms with Crippen molar-refractivity contribution in [2.75, 3.05) is 25.1 Å². The van der Waals surface area contributed by atoms with Crippen LogP contribution in [0.15, 0.2) is 24.3 Å². The van der Waals surface area contributed by atoms with Crippen molar-refractivity contribution < 1.29 is 9.53 Å². The van der Waals surface area contributed by atoms with Crippen LogP contribution in [0.4, 0.5) is 5.82 Å². The van der Waals surface area contributed by atoms with Crippen LogP contribution in [0, 0.1) is 6.92 Å². The molecular weight excluding hydrogens is 316 g/mol. The minimum atomic E-state index is 0.0879. The zero-order chi connectivity index (χ0) is 17.4. The molecule has 0 bridgehead atoms. The number of nitrogens with zero attached hydrogens (tertiary/aromatic N) is 3. The molecule has 1 N–H and O–H groups in total. The molecule has 1 atom stereocenters. The summed E-state index contributed by atoms with van der Waals surface area (Å²) in [5.41, 5.74) is 2.95. The Morgan fingerprint density at radius 2 is 2.08 bits per heavy atom. The van der Waals surface area contributed by atoms with E-state index in [2.05, 4.69) is 10.3 Å². The Kier molecular flexibility index (Phi) is 4.13. The topological polar surface area (TPSA) is 67.3 Å². The Morgan fingerprint density at radius 3 is 2.76 bits per heavy atom. The first-order valence-corrected chi connectivity index (χ1v) is 8.67. The van der Waals surface area contributed by atoms with Crippen molar-refractivity contribution in [1.82, 2.24) is 15.3 Å². The molecule has 0 unspecified atom stereocenters. The number of carbonyl (C=O) groups is 1. The molecule has 2 aliphatic rings. The highest BCUT2D eigenvalue weighted by atomic mass is 16.5. The van der Waals surface area contributed by atoms with Crippen LogP contribution in [-0.4, -0.2) is 36.1 Å². The van der Waals surface area contributed by atoms with Crippen molar-refractivity contribution in [3.05, 3.63) is 46.9 Å². The van der Waals surface area contributed by atoms with Gasteiger partial charge in [0.1, 0.15) is 17.4 Å². The van der Waals surface area contributed by atoms with Crippen molar-refractivity contribution in [2.24, 2.45) is 0 Å². The van der Waals surface area contributed by atoms with Gasteiger partial charge in [-0.2, -0.15) is 0 Å². The Morgan fingerprint density at radius 1 is 1.28 bits per heavy atom. The molecule has 6 heteroatoms. The lowest BCUT2D eigenvalue weighted by atomic mass is 10.1. The smallest absolute Gasteiger partial charge is 0.233 e. The molecule has 1 aromatic heterocycles. The van der Waals surface area contributed by atoms with E-state index in [4.69, 9.17) is 9.72 Å². The third-order valence-corrected chi connectivity index (χ3v) is 5.02. The summed E-state index contributed by atoms with van der Waals surface area (Å²) in [5.74, 6) is 2.88. The lowest BCUT2D eigenvalue weighted by molar-refractivity contribution is -0.117. The maximum atomic E-state index is 12.6. The Hall–Kier alpha value is -2.47. The second kappa shape index (κ2) is 6.44. The van der Waals surface area contributed by atoms with Gasteiger partial charge in [-0.1, -0.05) is 12.1 Å². The lowest BCUT2D eigenvalue weighted by Gasteiger charge is -2.18. The van der Waals surface area contributed by atoms with Gasteiger partial charge in [0.05, 0.1) is 20.1 Å². The summed E-state index contributed by atoms with van der Waals surface area (Å²) in [4.78, 5) is 23.8. The van der Waals surface area contributed by atoms with Gasteiger partial charge < -0.3 is 10.1 Å². The third kappa shape index (κ3) is 2.98. The van der Waals surface area contributed by atoms with Gasteiger partial charge in [0.15, 0.2) is 0 Å². The molecule has 1 amide bonds. The maximum absolute atomic E-state index is 12.6. The van der Waals surface area contributed by atoms with Crippen LogP contribution in [0.3, 0.4) is 0 Å². The van der Waals surface area contributed by atoms with E-state index in [0.29, 0.717) is 18.9 Å². The summed E-state index contributed by atoms with van der Waals surface area (Å²) in [5, 5.41) is 3.36. The van der Waals surface area contributed by atoms with Crippen LogP contribution in [-0.2, 0) is 17.8 Å². The zero-order valence-corrected chi connectivity index (χ0v) is 14.6. The number of aromatic nitrogens is 2. The highest BCUT2D eigenvalue weighted by molar-refractivity contribution is 6.00. The Bertz CT molecular complexity index is 798. The van der Waals surface area contributed by atoms with Gasteiger partial charge in [-0.15, -0.1) is 0 Å². The van der Waals surface area contributed by atoms with Gasteiger partial charge >= 0.3 is 0 Å². The lowest BCUT2D eigenvalue weighted by Crippen LogP contribution is -2.27. The van der Waals surface area contributed by atoms with E-state index in [0.717, 1.165) is 53.7 Å². The predicted octanol–water partition coefficient (Wildman–Crippen LogP) is 1.96. The number of amides is 1. The fourth-order valence-corrected chi connectivity index (χ4v) is 3.53. The number of ether oxygens (including phenoxy) is 1. The first-order chi connectivity index (χ1) is 12.2. The molecule has 1 aromatic carbocycles. The first kappa shape index (κ1) is 16.0. The number of hydrogen-bond acceptors (Lipinski definition) is 5. The van der Waals surface area contributed by atoms with Crippen LogP contribution in [0.1, 0.15) is 35.0 Å². The average Bonchev–Trinajstić information content (AvgIpc) is 3.25. The largest absolute Gasteiger partial charge is 0.497 e. The molecule has 0 radical (unpaired) electrons. The molecule has 0 spiro atoms. The highest BCUT2D eigenvalue weighted by Crippen LogP contribution is 2.32. The van der Waals surface area contributed by atoms with Crippen molar-refractivity contribution in [3.8, 4) is 5.75 Å². The Labute approximate surface area is 147 Å². The normalized spacial score (nSPS) is 19.4. The van der Waals surface area contributed by atoms with Crippen LogP contribution < -0.4 is 15.0 Å². The maximum Gasteiger partial charge on any atom is 0.233 e. The van der Waals surface area contributed by atoms with Crippen molar-refractivity contribution >= 4 is 11.7 Å². The number of methoxy groups -OCH3 is 1. The van der Waals surface area contributed by atoms with Crippen molar-refractivity contribution in [1.29, 1.82) is 0 Å². The molecule has 0 saturated carbocycles. The molecule has 3 heterocycles. The zero-order valence-electron chi connectivity index (χ0n) is 14.6. The molecule has 1 saturated heterocycles. The fraction of sp³-hybridized carbons (Fsp3) is 0.421. The number of rotatable bonds is 4. The van der Waals surface area contributed by atoms with Gasteiger partial charge in [0.2, 0.25) is 5.91 Å². The SMILES string of the molecule is COc1ccc(CN2C(=O)Cc3c(C)nc([C@H]4CCNC4)nc32)cc1. The van der Waals surface area contributed by atoms with Gasteiger partial charge in [-0.3, -0.25) is 9.69 Å². The van der Waals surface area contributed by atoms with Crippen LogP contribution >= 0.6 is 0 Å². The molecule has 0 aliphatic carbocycles. The monoisotopic (exact) mass is 338 g/mol. The first-order valence-electron chi connectivity index (χ1n) is 8.67. The Balaban J connectivity index is 1.65. The second-order valence-electron chi connectivity index (χ2n) is 6.66. The van der Waals surface area contributed by atoms with E-state index in [1.165, 1.54) is 0 Å². The number of benzene rings is 1.